The molecule has 2 atom stereocenters. The highest BCUT2D eigenvalue weighted by atomic mass is 35.5. The van der Waals surface area contributed by atoms with Crippen LogP contribution >= 0.6 is 11.6 Å². The molecule has 0 saturated heterocycles. The summed E-state index contributed by atoms with van der Waals surface area (Å²) in [5.74, 6) is -5.18. The summed E-state index contributed by atoms with van der Waals surface area (Å²) in [5, 5.41) is 30.5. The Hall–Kier alpha value is -2.54. The molecule has 0 bridgehead atoms. The number of aromatic hydroxyl groups is 1. The van der Waals surface area contributed by atoms with Crippen LogP contribution in [0.2, 0.25) is 0 Å². The van der Waals surface area contributed by atoms with E-state index in [2.05, 4.69) is 5.32 Å². The van der Waals surface area contributed by atoms with Gasteiger partial charge in [0.2, 0.25) is 5.91 Å². The van der Waals surface area contributed by atoms with Crippen molar-refractivity contribution in [3.05, 3.63) is 34.9 Å². The highest BCUT2D eigenvalue weighted by molar-refractivity contribution is 6.29. The van der Waals surface area contributed by atoms with Gasteiger partial charge < -0.3 is 20.6 Å². The predicted octanol–water partition coefficient (Wildman–Crippen LogP) is 2.26. The third-order valence-corrected chi connectivity index (χ3v) is 3.95. The molecule has 0 heterocycles. The maximum Gasteiger partial charge on any atom is 0.339 e. The molecule has 23 heavy (non-hydrogen) atoms. The Bertz CT molecular complexity index is 699. The normalized spacial score (nSPS) is 20.5. The fourth-order valence-electron chi connectivity index (χ4n) is 2.42. The summed E-state index contributed by atoms with van der Waals surface area (Å²) >= 11 is 5.89. The van der Waals surface area contributed by atoms with Gasteiger partial charge in [-0.05, 0) is 31.0 Å². The van der Waals surface area contributed by atoms with E-state index in [1.165, 1.54) is 6.07 Å². The van der Waals surface area contributed by atoms with Crippen LogP contribution in [-0.4, -0.2) is 33.2 Å². The standard InChI is InChI=1S/C15H14ClNO6/c16-7-1-3-9(14(20)21)10(5-7)13(19)17-8-2-4-12(18)11(6-8)15(22)23/h1-2,4,6,9-10,18H,3,5H2,(H,17,19)(H,20,21)(H,22,23). The number of rotatable bonds is 4. The fourth-order valence-corrected chi connectivity index (χ4v) is 2.68. The predicted molar refractivity (Wildman–Crippen MR) is 81.5 cm³/mol. The van der Waals surface area contributed by atoms with Crippen LogP contribution < -0.4 is 5.32 Å². The summed E-state index contributed by atoms with van der Waals surface area (Å²) in [6.07, 6.45) is 1.84. The van der Waals surface area contributed by atoms with Gasteiger partial charge in [-0.3, -0.25) is 9.59 Å². The topological polar surface area (TPSA) is 124 Å². The molecular formula is C15H14ClNO6. The smallest absolute Gasteiger partial charge is 0.339 e. The summed E-state index contributed by atoms with van der Waals surface area (Å²) in [5.41, 5.74) is -0.209. The molecule has 0 fully saturated rings. The van der Waals surface area contributed by atoms with Gasteiger partial charge in [-0.1, -0.05) is 17.7 Å². The van der Waals surface area contributed by atoms with Crippen LogP contribution in [-0.2, 0) is 9.59 Å². The number of carboxylic acid groups (broad SMARTS) is 2. The Morgan fingerprint density at radius 2 is 1.87 bits per heavy atom. The van der Waals surface area contributed by atoms with Gasteiger partial charge >= 0.3 is 11.9 Å². The third-order valence-electron chi connectivity index (χ3n) is 3.64. The van der Waals surface area contributed by atoms with E-state index in [1.807, 2.05) is 0 Å². The zero-order chi connectivity index (χ0) is 17.1. The average Bonchev–Trinajstić information content (AvgIpc) is 2.48. The molecule has 0 radical (unpaired) electrons. The highest BCUT2D eigenvalue weighted by Crippen LogP contribution is 2.33. The second kappa shape index (κ2) is 6.70. The van der Waals surface area contributed by atoms with Gasteiger partial charge in [0.1, 0.15) is 11.3 Å². The first-order valence-electron chi connectivity index (χ1n) is 6.74. The number of benzene rings is 1. The van der Waals surface area contributed by atoms with Crippen molar-refractivity contribution in [2.45, 2.75) is 12.8 Å². The van der Waals surface area contributed by atoms with Gasteiger partial charge in [0, 0.05) is 10.7 Å². The van der Waals surface area contributed by atoms with Gasteiger partial charge in [0.05, 0.1) is 11.8 Å². The van der Waals surface area contributed by atoms with Gasteiger partial charge in [0.25, 0.3) is 0 Å². The maximum absolute atomic E-state index is 12.3. The van der Waals surface area contributed by atoms with Gasteiger partial charge in [0.15, 0.2) is 0 Å². The Kier molecular flexibility index (Phi) is 4.90. The fraction of sp³-hybridized carbons (Fsp3) is 0.267. The lowest BCUT2D eigenvalue weighted by Gasteiger charge is -2.25. The van der Waals surface area contributed by atoms with Gasteiger partial charge in [-0.2, -0.15) is 0 Å². The highest BCUT2D eigenvalue weighted by Gasteiger charge is 2.36. The van der Waals surface area contributed by atoms with Gasteiger partial charge in [-0.25, -0.2) is 4.79 Å². The average molecular weight is 340 g/mol. The van der Waals surface area contributed by atoms with Crippen LogP contribution in [0.15, 0.2) is 29.3 Å². The molecule has 0 spiro atoms. The number of carbonyl (C=O) groups excluding carboxylic acids is 1. The van der Waals surface area contributed by atoms with Crippen LogP contribution in [0, 0.1) is 11.8 Å². The molecule has 0 aliphatic heterocycles. The van der Waals surface area contributed by atoms with Crippen molar-refractivity contribution in [3.63, 3.8) is 0 Å². The lowest BCUT2D eigenvalue weighted by Crippen LogP contribution is -2.35. The first-order valence-corrected chi connectivity index (χ1v) is 7.12. The van der Waals surface area contributed by atoms with Gasteiger partial charge in [-0.15, -0.1) is 0 Å². The number of amides is 1. The van der Waals surface area contributed by atoms with E-state index in [1.54, 1.807) is 6.08 Å². The van der Waals surface area contributed by atoms with E-state index in [0.29, 0.717) is 5.03 Å². The van der Waals surface area contributed by atoms with Crippen LogP contribution in [0.4, 0.5) is 5.69 Å². The van der Waals surface area contributed by atoms with Crippen LogP contribution in [0.25, 0.3) is 0 Å². The number of hydrogen-bond donors (Lipinski definition) is 4. The number of anilines is 1. The lowest BCUT2D eigenvalue weighted by molar-refractivity contribution is -0.146. The summed E-state index contributed by atoms with van der Waals surface area (Å²) in [6.45, 7) is 0. The van der Waals surface area contributed by atoms with Crippen molar-refractivity contribution >= 4 is 35.1 Å². The number of hydrogen-bond acceptors (Lipinski definition) is 4. The molecule has 4 N–H and O–H groups in total. The van der Waals surface area contributed by atoms with E-state index in [-0.39, 0.29) is 24.1 Å². The van der Waals surface area contributed by atoms with E-state index in [0.717, 1.165) is 12.1 Å². The number of phenols is 1. The quantitative estimate of drug-likeness (QED) is 0.624. The van der Waals surface area contributed by atoms with E-state index in [4.69, 9.17) is 16.7 Å². The number of carboxylic acids is 2. The minimum absolute atomic E-state index is 0.105. The molecule has 2 unspecified atom stereocenters. The minimum atomic E-state index is -1.34. The van der Waals surface area contributed by atoms with E-state index in [9.17, 15) is 24.6 Å². The SMILES string of the molecule is O=C(O)c1cc(NC(=O)C2CC(Cl)=CCC2C(=O)O)ccc1O. The molecule has 0 aromatic heterocycles. The van der Waals surface area contributed by atoms with Crippen LogP contribution in [0.5, 0.6) is 5.75 Å². The zero-order valence-corrected chi connectivity index (χ0v) is 12.6. The summed E-state index contributed by atoms with van der Waals surface area (Å²) in [6, 6.07) is 3.57. The van der Waals surface area contributed by atoms with Crippen molar-refractivity contribution in [2.24, 2.45) is 11.8 Å². The lowest BCUT2D eigenvalue weighted by atomic mass is 9.82. The number of aliphatic carboxylic acids is 1. The monoisotopic (exact) mass is 339 g/mol. The Balaban J connectivity index is 2.21. The van der Waals surface area contributed by atoms with Crippen molar-refractivity contribution in [1.82, 2.24) is 0 Å². The first kappa shape index (κ1) is 16.8. The molecular weight excluding hydrogens is 326 g/mol. The third kappa shape index (κ3) is 3.81. The molecule has 122 valence electrons. The Labute approximate surface area is 136 Å². The summed E-state index contributed by atoms with van der Waals surface area (Å²) < 4.78 is 0. The second-order valence-corrected chi connectivity index (χ2v) is 5.65. The van der Waals surface area contributed by atoms with Crippen molar-refractivity contribution in [3.8, 4) is 5.75 Å². The second-order valence-electron chi connectivity index (χ2n) is 5.17. The number of allylic oxidation sites excluding steroid dienone is 2. The van der Waals surface area contributed by atoms with Crippen molar-refractivity contribution in [2.75, 3.05) is 5.32 Å². The number of aromatic carboxylic acids is 1. The van der Waals surface area contributed by atoms with Crippen molar-refractivity contribution < 1.29 is 29.7 Å². The van der Waals surface area contributed by atoms with Crippen molar-refractivity contribution in [1.29, 1.82) is 0 Å². The zero-order valence-electron chi connectivity index (χ0n) is 11.8. The summed E-state index contributed by atoms with van der Waals surface area (Å²) in [7, 11) is 0. The van der Waals surface area contributed by atoms with Crippen LogP contribution in [0.1, 0.15) is 23.2 Å². The molecule has 0 saturated carbocycles. The van der Waals surface area contributed by atoms with E-state index >= 15 is 0 Å². The maximum atomic E-state index is 12.3. The molecule has 1 aromatic rings. The molecule has 1 amide bonds. The molecule has 7 nitrogen and oxygen atoms in total. The number of halogens is 1. The number of carbonyl (C=O) groups is 3. The first-order chi connectivity index (χ1) is 10.8. The minimum Gasteiger partial charge on any atom is -0.507 e. The Morgan fingerprint density at radius 1 is 1.17 bits per heavy atom. The molecule has 1 aromatic carbocycles. The molecule has 1 aliphatic rings. The van der Waals surface area contributed by atoms with E-state index < -0.39 is 35.4 Å². The largest absolute Gasteiger partial charge is 0.507 e. The molecule has 8 heteroatoms. The molecule has 2 rings (SSSR count). The Morgan fingerprint density at radius 3 is 2.48 bits per heavy atom. The molecule has 1 aliphatic carbocycles. The summed E-state index contributed by atoms with van der Waals surface area (Å²) in [4.78, 5) is 34.5. The van der Waals surface area contributed by atoms with Crippen LogP contribution in [0.3, 0.4) is 0 Å². The number of nitrogens with one attached hydrogen (secondary N) is 1.